The third-order valence-electron chi connectivity index (χ3n) is 2.48. The number of carbonyl (C=O) groups is 2. The molecule has 0 atom stereocenters. The lowest BCUT2D eigenvalue weighted by molar-refractivity contribution is -0.126. The Balaban J connectivity index is 2.46. The van der Waals surface area contributed by atoms with Gasteiger partial charge in [0.15, 0.2) is 5.82 Å². The summed E-state index contributed by atoms with van der Waals surface area (Å²) in [5.41, 5.74) is 0. The first-order valence-corrected chi connectivity index (χ1v) is 5.65. The maximum atomic E-state index is 11.7. The molecule has 18 heavy (non-hydrogen) atoms. The van der Waals surface area contributed by atoms with Crippen molar-refractivity contribution in [3.63, 3.8) is 0 Å². The van der Waals surface area contributed by atoms with Crippen LogP contribution in [0.4, 0.5) is 10.6 Å². The van der Waals surface area contributed by atoms with E-state index < -0.39 is 6.09 Å². The first-order valence-electron chi connectivity index (χ1n) is 5.27. The Bertz CT molecular complexity index is 496. The van der Waals surface area contributed by atoms with Gasteiger partial charge in [0.2, 0.25) is 0 Å². The zero-order valence-corrected chi connectivity index (χ0v) is 10.3. The summed E-state index contributed by atoms with van der Waals surface area (Å²) in [6.07, 6.45) is 0.249. The van der Waals surface area contributed by atoms with Crippen molar-refractivity contribution < 1.29 is 14.7 Å². The predicted molar refractivity (Wildman–Crippen MR) is 63.8 cm³/mol. The van der Waals surface area contributed by atoms with Crippen molar-refractivity contribution in [2.45, 2.75) is 6.92 Å². The molecule has 2 heterocycles. The lowest BCUT2D eigenvalue weighted by Gasteiger charge is -2.31. The van der Waals surface area contributed by atoms with Crippen molar-refractivity contribution in [2.24, 2.45) is 0 Å². The van der Waals surface area contributed by atoms with Crippen LogP contribution in [-0.4, -0.2) is 45.2 Å². The third kappa shape index (κ3) is 1.92. The summed E-state index contributed by atoms with van der Waals surface area (Å²) in [4.78, 5) is 26.9. The summed E-state index contributed by atoms with van der Waals surface area (Å²) in [5.74, 6) is -0.101. The Morgan fingerprint density at radius 2 is 2.33 bits per heavy atom. The van der Waals surface area contributed by atoms with Crippen LogP contribution in [0.5, 0.6) is 0 Å². The minimum absolute atomic E-state index is 0.217. The van der Waals surface area contributed by atoms with E-state index in [-0.39, 0.29) is 23.3 Å². The Morgan fingerprint density at radius 3 is 2.89 bits per heavy atom. The molecule has 0 aliphatic carbocycles. The fourth-order valence-corrected chi connectivity index (χ4v) is 1.92. The molecule has 1 aliphatic rings. The number of rotatable bonds is 2. The molecule has 0 bridgehead atoms. The standard InChI is InChI=1S/C10H11ClN4O3/c1-2-13-8(16)6-14(10(17)18)15(13)9-7(11)4-3-5-12-9/h3-5H,2,6H2,1H3,(H,17,18). The Morgan fingerprint density at radius 1 is 1.61 bits per heavy atom. The first kappa shape index (κ1) is 12.4. The molecule has 0 unspecified atom stereocenters. The molecule has 1 aliphatic heterocycles. The minimum atomic E-state index is -1.24. The van der Waals surface area contributed by atoms with Gasteiger partial charge >= 0.3 is 6.09 Å². The van der Waals surface area contributed by atoms with Gasteiger partial charge in [0.25, 0.3) is 5.91 Å². The van der Waals surface area contributed by atoms with Gasteiger partial charge in [0.05, 0.1) is 5.02 Å². The lowest BCUT2D eigenvalue weighted by atomic mass is 10.4. The van der Waals surface area contributed by atoms with Crippen molar-refractivity contribution in [1.29, 1.82) is 0 Å². The molecule has 1 aromatic heterocycles. The molecule has 2 amide bonds. The monoisotopic (exact) mass is 270 g/mol. The Kier molecular flexibility index (Phi) is 3.24. The highest BCUT2D eigenvalue weighted by molar-refractivity contribution is 6.33. The van der Waals surface area contributed by atoms with Crippen molar-refractivity contribution in [1.82, 2.24) is 15.0 Å². The number of nitrogens with zero attached hydrogens (tertiary/aromatic N) is 4. The number of anilines is 1. The van der Waals surface area contributed by atoms with Crippen molar-refractivity contribution in [3.8, 4) is 0 Å². The second kappa shape index (κ2) is 4.69. The van der Waals surface area contributed by atoms with E-state index in [0.29, 0.717) is 6.54 Å². The molecule has 8 heteroatoms. The van der Waals surface area contributed by atoms with E-state index >= 15 is 0 Å². The number of aromatic nitrogens is 1. The smallest absolute Gasteiger partial charge is 0.428 e. The maximum absolute atomic E-state index is 11.7. The highest BCUT2D eigenvalue weighted by Gasteiger charge is 2.40. The molecule has 7 nitrogen and oxygen atoms in total. The quantitative estimate of drug-likeness (QED) is 0.874. The highest BCUT2D eigenvalue weighted by atomic mass is 35.5. The van der Waals surface area contributed by atoms with E-state index in [1.165, 1.54) is 16.3 Å². The number of pyridine rings is 1. The topological polar surface area (TPSA) is 77.0 Å². The Labute approximate surface area is 108 Å². The van der Waals surface area contributed by atoms with Gasteiger partial charge < -0.3 is 5.11 Å². The third-order valence-corrected chi connectivity index (χ3v) is 2.77. The van der Waals surface area contributed by atoms with E-state index in [1.54, 1.807) is 19.1 Å². The van der Waals surface area contributed by atoms with Gasteiger partial charge in [-0.1, -0.05) is 11.6 Å². The van der Waals surface area contributed by atoms with Gasteiger partial charge in [-0.25, -0.2) is 14.8 Å². The average Bonchev–Trinajstić information content (AvgIpc) is 2.67. The number of likely N-dealkylation sites (N-methyl/N-ethyl adjacent to an activating group) is 1. The van der Waals surface area contributed by atoms with Gasteiger partial charge in [-0.05, 0) is 19.1 Å². The zero-order valence-electron chi connectivity index (χ0n) is 9.58. The normalized spacial score (nSPS) is 15.4. The van der Waals surface area contributed by atoms with Crippen LogP contribution in [0.3, 0.4) is 0 Å². The second-order valence-electron chi connectivity index (χ2n) is 3.55. The van der Waals surface area contributed by atoms with E-state index in [9.17, 15) is 9.59 Å². The van der Waals surface area contributed by atoms with Gasteiger partial charge in [-0.15, -0.1) is 0 Å². The largest absolute Gasteiger partial charge is 0.464 e. The molecular formula is C10H11ClN4O3. The molecule has 96 valence electrons. The molecule has 0 radical (unpaired) electrons. The van der Waals surface area contributed by atoms with Gasteiger partial charge in [-0.2, -0.15) is 10.1 Å². The molecule has 1 aromatic rings. The minimum Gasteiger partial charge on any atom is -0.464 e. The van der Waals surface area contributed by atoms with Gasteiger partial charge in [0.1, 0.15) is 6.54 Å². The second-order valence-corrected chi connectivity index (χ2v) is 3.96. The maximum Gasteiger partial charge on any atom is 0.428 e. The number of amides is 2. The van der Waals surface area contributed by atoms with Crippen molar-refractivity contribution in [3.05, 3.63) is 23.4 Å². The fraction of sp³-hybridized carbons (Fsp3) is 0.300. The summed E-state index contributed by atoms with van der Waals surface area (Å²) in [7, 11) is 0. The van der Waals surface area contributed by atoms with E-state index in [2.05, 4.69) is 4.98 Å². The number of carboxylic acid groups (broad SMARTS) is 1. The summed E-state index contributed by atoms with van der Waals surface area (Å²) in [6.45, 7) is 1.83. The van der Waals surface area contributed by atoms with Crippen molar-refractivity contribution in [2.75, 3.05) is 18.2 Å². The van der Waals surface area contributed by atoms with Crippen LogP contribution < -0.4 is 5.12 Å². The molecule has 1 saturated heterocycles. The molecule has 1 N–H and O–H groups in total. The lowest BCUT2D eigenvalue weighted by Crippen LogP contribution is -2.48. The van der Waals surface area contributed by atoms with Crippen molar-refractivity contribution >= 4 is 29.4 Å². The number of carbonyl (C=O) groups excluding carboxylic acids is 1. The van der Waals surface area contributed by atoms with Crippen LogP contribution in [0.25, 0.3) is 0 Å². The molecule has 0 spiro atoms. The molecular weight excluding hydrogens is 260 g/mol. The fourth-order valence-electron chi connectivity index (χ4n) is 1.72. The van der Waals surface area contributed by atoms with E-state index in [1.807, 2.05) is 0 Å². The van der Waals surface area contributed by atoms with Crippen LogP contribution in [0, 0.1) is 0 Å². The number of hydrogen-bond donors (Lipinski definition) is 1. The molecule has 0 aromatic carbocycles. The average molecular weight is 271 g/mol. The van der Waals surface area contributed by atoms with Crippen LogP contribution in [0.1, 0.15) is 6.92 Å². The van der Waals surface area contributed by atoms with Crippen LogP contribution in [0.15, 0.2) is 18.3 Å². The van der Waals surface area contributed by atoms with Crippen LogP contribution in [-0.2, 0) is 4.79 Å². The number of halogens is 1. The molecule has 0 saturated carbocycles. The number of hydrazine groups is 2. The Hall–Kier alpha value is -2.02. The number of hydrogen-bond acceptors (Lipinski definition) is 4. The predicted octanol–water partition coefficient (Wildman–Crippen LogP) is 1.21. The summed E-state index contributed by atoms with van der Waals surface area (Å²) < 4.78 is 0. The van der Waals surface area contributed by atoms with E-state index in [0.717, 1.165) is 5.01 Å². The van der Waals surface area contributed by atoms with Crippen LogP contribution >= 0.6 is 11.6 Å². The highest BCUT2D eigenvalue weighted by Crippen LogP contribution is 2.28. The van der Waals surface area contributed by atoms with Crippen LogP contribution in [0.2, 0.25) is 5.02 Å². The van der Waals surface area contributed by atoms with Gasteiger partial charge in [0, 0.05) is 12.7 Å². The van der Waals surface area contributed by atoms with E-state index in [4.69, 9.17) is 16.7 Å². The summed E-state index contributed by atoms with van der Waals surface area (Å²) in [6, 6.07) is 3.21. The molecule has 2 rings (SSSR count). The SMILES string of the molecule is CCN1C(=O)CN(C(=O)O)N1c1ncccc1Cl. The van der Waals surface area contributed by atoms with Gasteiger partial charge in [-0.3, -0.25) is 4.79 Å². The first-order chi connectivity index (χ1) is 8.56. The zero-order chi connectivity index (χ0) is 13.3. The molecule has 1 fully saturated rings. The summed E-state index contributed by atoms with van der Waals surface area (Å²) in [5, 5.41) is 12.7. The summed E-state index contributed by atoms with van der Waals surface area (Å²) >= 11 is 5.98.